The second-order valence-corrected chi connectivity index (χ2v) is 13.2. The van der Waals surface area contributed by atoms with Gasteiger partial charge in [0.2, 0.25) is 5.75 Å². The predicted molar refractivity (Wildman–Crippen MR) is 190 cm³/mol. The van der Waals surface area contributed by atoms with Gasteiger partial charge in [0.25, 0.3) is 0 Å². The number of nitrogens with zero attached hydrogens (tertiary/aromatic N) is 2. The second-order valence-electron chi connectivity index (χ2n) is 13.2. The van der Waals surface area contributed by atoms with Crippen LogP contribution in [-0.2, 0) is 25.7 Å². The minimum atomic E-state index is -0.0175. The van der Waals surface area contributed by atoms with Gasteiger partial charge in [-0.25, -0.2) is 0 Å². The minimum absolute atomic E-state index is 0.0175. The molecule has 0 unspecified atom stereocenters. The van der Waals surface area contributed by atoms with Crippen molar-refractivity contribution in [3.8, 4) is 46.0 Å². The van der Waals surface area contributed by atoms with E-state index in [1.54, 1.807) is 21.3 Å². The lowest BCUT2D eigenvalue weighted by Gasteiger charge is -2.37. The summed E-state index contributed by atoms with van der Waals surface area (Å²) >= 11 is 0. The monoisotopic (exact) mass is 665 g/mol. The van der Waals surface area contributed by atoms with Gasteiger partial charge in [-0.05, 0) is 123 Å². The molecular weight excluding hydrogens is 618 g/mol. The van der Waals surface area contributed by atoms with Gasteiger partial charge in [-0.2, -0.15) is 0 Å². The number of likely N-dealkylation sites (N-methyl/N-ethyl adjacent to an activating group) is 2. The zero-order valence-corrected chi connectivity index (χ0v) is 29.2. The summed E-state index contributed by atoms with van der Waals surface area (Å²) in [5.74, 6) is 5.38. The van der Waals surface area contributed by atoms with Crippen molar-refractivity contribution in [1.29, 1.82) is 0 Å². The van der Waals surface area contributed by atoms with Crippen LogP contribution in [0.25, 0.3) is 0 Å². The molecule has 49 heavy (non-hydrogen) atoms. The zero-order valence-electron chi connectivity index (χ0n) is 29.2. The number of nitrogens with two attached hydrogens (primary N) is 1. The van der Waals surface area contributed by atoms with E-state index in [0.29, 0.717) is 59.8 Å². The molecule has 4 aromatic carbocycles. The molecule has 2 atom stereocenters. The van der Waals surface area contributed by atoms with Crippen molar-refractivity contribution >= 4 is 0 Å². The Labute approximate surface area is 289 Å². The van der Waals surface area contributed by atoms with E-state index in [1.165, 1.54) is 22.3 Å². The SMILES string of the molecule is COc1cc2c3cc1Oc1c(OC)c(OC)cc4c1[C@@H](Cc1ccc(OCCCN)c(c1)Oc1ccc(cc1)C[C@@H]3N(C)CC2)N(C)CC4. The smallest absolute Gasteiger partial charge is 0.204 e. The van der Waals surface area contributed by atoms with Gasteiger partial charge in [0.15, 0.2) is 34.5 Å². The summed E-state index contributed by atoms with van der Waals surface area (Å²) in [5.41, 5.74) is 12.9. The summed E-state index contributed by atoms with van der Waals surface area (Å²) in [6.45, 7) is 2.93. The summed E-state index contributed by atoms with van der Waals surface area (Å²) in [6, 6.07) is 21.2. The van der Waals surface area contributed by atoms with Crippen LogP contribution in [-0.4, -0.2) is 71.5 Å². The topological polar surface area (TPSA) is 87.9 Å². The standard InChI is InChI=1S/C40H47N3O6/c1-42-16-13-27-22-34(44-3)36-24-30(27)31(42)19-25-7-10-29(11-8-25)48-35-21-26(9-12-33(35)47-18-6-15-41)20-32-38-28(14-17-43(32)2)23-37(45-4)39(46-5)40(38)49-36/h7-12,21-24,31-32H,6,13-20,41H2,1-5H3/t31-,32+/m0/s1. The predicted octanol–water partition coefficient (Wildman–Crippen LogP) is 6.88. The molecule has 4 aromatic rings. The van der Waals surface area contributed by atoms with Crippen molar-refractivity contribution in [2.45, 2.75) is 44.2 Å². The molecule has 0 amide bonds. The molecule has 4 heterocycles. The lowest BCUT2D eigenvalue weighted by Crippen LogP contribution is -2.34. The molecule has 0 aliphatic carbocycles. The molecule has 4 aliphatic heterocycles. The maximum Gasteiger partial charge on any atom is 0.204 e. The maximum absolute atomic E-state index is 7.06. The van der Waals surface area contributed by atoms with Gasteiger partial charge in [-0.3, -0.25) is 9.80 Å². The number of hydrogen-bond acceptors (Lipinski definition) is 9. The van der Waals surface area contributed by atoms with Crippen molar-refractivity contribution < 1.29 is 28.4 Å². The van der Waals surface area contributed by atoms with Crippen LogP contribution in [0.1, 0.15) is 51.9 Å². The fourth-order valence-electron chi connectivity index (χ4n) is 7.49. The van der Waals surface area contributed by atoms with Crippen LogP contribution in [0.4, 0.5) is 0 Å². The Morgan fingerprint density at radius 2 is 1.39 bits per heavy atom. The number of benzene rings is 4. The van der Waals surface area contributed by atoms with Crippen LogP contribution in [0.3, 0.4) is 0 Å². The van der Waals surface area contributed by atoms with Crippen LogP contribution < -0.4 is 34.2 Å². The molecule has 0 spiro atoms. The third-order valence-corrected chi connectivity index (χ3v) is 10.2. The van der Waals surface area contributed by atoms with Crippen molar-refractivity contribution in [2.24, 2.45) is 5.73 Å². The van der Waals surface area contributed by atoms with E-state index in [0.717, 1.165) is 55.6 Å². The van der Waals surface area contributed by atoms with E-state index in [2.05, 4.69) is 78.5 Å². The number of ether oxygens (including phenoxy) is 6. The largest absolute Gasteiger partial charge is 0.493 e. The van der Waals surface area contributed by atoms with Crippen molar-refractivity contribution in [2.75, 3.05) is 61.7 Å². The summed E-state index contributed by atoms with van der Waals surface area (Å²) < 4.78 is 37.7. The van der Waals surface area contributed by atoms with Crippen LogP contribution in [0.5, 0.6) is 46.0 Å². The maximum atomic E-state index is 7.06. The molecule has 2 N–H and O–H groups in total. The first-order valence-corrected chi connectivity index (χ1v) is 17.2. The summed E-state index contributed by atoms with van der Waals surface area (Å²) in [4.78, 5) is 4.82. The number of hydrogen-bond donors (Lipinski definition) is 1. The normalized spacial score (nSPS) is 18.7. The molecule has 0 saturated carbocycles. The van der Waals surface area contributed by atoms with Gasteiger partial charge in [0, 0.05) is 30.7 Å². The molecular formula is C40H47N3O6. The first kappa shape index (κ1) is 33.1. The van der Waals surface area contributed by atoms with Gasteiger partial charge < -0.3 is 34.2 Å². The highest BCUT2D eigenvalue weighted by Gasteiger charge is 2.34. The molecule has 0 aromatic heterocycles. The molecule has 0 saturated heterocycles. The van der Waals surface area contributed by atoms with E-state index in [-0.39, 0.29) is 12.1 Å². The Morgan fingerprint density at radius 3 is 2.12 bits per heavy atom. The van der Waals surface area contributed by atoms with Gasteiger partial charge in [-0.15, -0.1) is 0 Å². The van der Waals surface area contributed by atoms with E-state index < -0.39 is 0 Å². The Balaban J connectivity index is 1.43. The van der Waals surface area contributed by atoms with E-state index in [1.807, 2.05) is 6.07 Å². The highest BCUT2D eigenvalue weighted by Crippen LogP contribution is 2.52. The van der Waals surface area contributed by atoms with Crippen LogP contribution in [0, 0.1) is 0 Å². The van der Waals surface area contributed by atoms with Crippen LogP contribution in [0.15, 0.2) is 60.7 Å². The Kier molecular flexibility index (Phi) is 9.58. The molecule has 0 fully saturated rings. The van der Waals surface area contributed by atoms with E-state index >= 15 is 0 Å². The average molecular weight is 666 g/mol. The zero-order chi connectivity index (χ0) is 34.1. The third kappa shape index (κ3) is 6.50. The molecule has 4 aliphatic rings. The van der Waals surface area contributed by atoms with Crippen molar-refractivity contribution in [3.63, 3.8) is 0 Å². The molecule has 9 heteroatoms. The average Bonchev–Trinajstić information content (AvgIpc) is 3.11. The van der Waals surface area contributed by atoms with Gasteiger partial charge in [0.05, 0.1) is 27.9 Å². The summed E-state index contributed by atoms with van der Waals surface area (Å²) in [7, 11) is 9.42. The van der Waals surface area contributed by atoms with Crippen LogP contribution >= 0.6 is 0 Å². The van der Waals surface area contributed by atoms with E-state index in [9.17, 15) is 0 Å². The molecule has 6 bridgehead atoms. The fraction of sp³-hybridized carbons (Fsp3) is 0.400. The van der Waals surface area contributed by atoms with Crippen molar-refractivity contribution in [3.05, 3.63) is 94.0 Å². The number of fused-ring (bicyclic) bond motifs is 2. The number of rotatable bonds is 7. The van der Waals surface area contributed by atoms with E-state index in [4.69, 9.17) is 34.2 Å². The molecule has 0 radical (unpaired) electrons. The molecule has 258 valence electrons. The summed E-state index contributed by atoms with van der Waals surface area (Å²) in [6.07, 6.45) is 4.10. The first-order chi connectivity index (χ1) is 23.9. The Hall–Kier alpha value is -4.44. The van der Waals surface area contributed by atoms with Crippen LogP contribution in [0.2, 0.25) is 0 Å². The lowest BCUT2D eigenvalue weighted by atomic mass is 9.87. The molecule has 8 rings (SSSR count). The fourth-order valence-corrected chi connectivity index (χ4v) is 7.49. The van der Waals surface area contributed by atoms with Gasteiger partial charge in [-0.1, -0.05) is 18.2 Å². The summed E-state index contributed by atoms with van der Waals surface area (Å²) in [5, 5.41) is 0. The third-order valence-electron chi connectivity index (χ3n) is 10.2. The highest BCUT2D eigenvalue weighted by atomic mass is 16.5. The van der Waals surface area contributed by atoms with Crippen molar-refractivity contribution in [1.82, 2.24) is 9.80 Å². The molecule has 9 nitrogen and oxygen atoms in total. The Morgan fingerprint density at radius 1 is 0.714 bits per heavy atom. The lowest BCUT2D eigenvalue weighted by molar-refractivity contribution is 0.220. The van der Waals surface area contributed by atoms with Gasteiger partial charge in [0.1, 0.15) is 5.75 Å². The first-order valence-electron chi connectivity index (χ1n) is 17.2. The Bertz CT molecular complexity index is 1810. The highest BCUT2D eigenvalue weighted by molar-refractivity contribution is 5.64. The quantitative estimate of drug-likeness (QED) is 0.212. The minimum Gasteiger partial charge on any atom is -0.493 e. The van der Waals surface area contributed by atoms with Gasteiger partial charge >= 0.3 is 0 Å². The second kappa shape index (κ2) is 14.2. The number of methoxy groups -OCH3 is 3.